The Hall–Kier alpha value is -3.39. The van der Waals surface area contributed by atoms with Gasteiger partial charge in [0.05, 0.1) is 5.52 Å². The van der Waals surface area contributed by atoms with E-state index in [1.54, 1.807) is 17.7 Å². The van der Waals surface area contributed by atoms with E-state index < -0.39 is 0 Å². The van der Waals surface area contributed by atoms with E-state index in [0.29, 0.717) is 0 Å². The van der Waals surface area contributed by atoms with Crippen molar-refractivity contribution in [2.45, 2.75) is 0 Å². The Kier molecular flexibility index (Phi) is 4.24. The minimum absolute atomic E-state index is 0.00257. The van der Waals surface area contributed by atoms with Gasteiger partial charge in [0, 0.05) is 18.5 Å². The lowest BCUT2D eigenvalue weighted by Gasteiger charge is -2.07. The van der Waals surface area contributed by atoms with Crippen LogP contribution in [0.3, 0.4) is 0 Å². The first-order chi connectivity index (χ1) is 12.7. The largest absolute Gasteiger partial charge is 0.311 e. The summed E-state index contributed by atoms with van der Waals surface area (Å²) < 4.78 is 1.68. The van der Waals surface area contributed by atoms with Crippen LogP contribution < -0.4 is 5.56 Å². The van der Waals surface area contributed by atoms with Gasteiger partial charge in [-0.05, 0) is 28.3 Å². The molecule has 0 saturated heterocycles. The molecule has 4 aromatic rings. The number of fused-ring (bicyclic) bond motifs is 1. The second-order valence-corrected chi connectivity index (χ2v) is 6.34. The number of aryl methyl sites for hydroxylation is 1. The number of para-hydroxylation sites is 1. The van der Waals surface area contributed by atoms with Crippen LogP contribution in [0.15, 0.2) is 89.7 Å². The van der Waals surface area contributed by atoms with Crippen molar-refractivity contribution in [3.05, 3.63) is 106 Å². The van der Waals surface area contributed by atoms with Crippen molar-refractivity contribution in [3.8, 4) is 11.1 Å². The molecule has 1 heterocycles. The molecule has 0 amide bonds. The molecule has 0 aliphatic rings. The molecule has 0 unspecified atom stereocenters. The summed E-state index contributed by atoms with van der Waals surface area (Å²) in [6.07, 6.45) is 4.07. The molecular formula is C24H19NO. The lowest BCUT2D eigenvalue weighted by Crippen LogP contribution is -2.16. The lowest BCUT2D eigenvalue weighted by atomic mass is 10.0. The maximum absolute atomic E-state index is 12.2. The fourth-order valence-electron chi connectivity index (χ4n) is 3.18. The Morgan fingerprint density at radius 1 is 0.731 bits per heavy atom. The number of rotatable bonds is 3. The zero-order valence-electron chi connectivity index (χ0n) is 14.6. The van der Waals surface area contributed by atoms with Crippen LogP contribution in [0.25, 0.3) is 34.2 Å². The van der Waals surface area contributed by atoms with Crippen LogP contribution in [0.1, 0.15) is 11.1 Å². The van der Waals surface area contributed by atoms with Gasteiger partial charge in [-0.2, -0.15) is 0 Å². The molecule has 26 heavy (non-hydrogen) atoms. The van der Waals surface area contributed by atoms with E-state index in [-0.39, 0.29) is 5.56 Å². The third-order valence-corrected chi connectivity index (χ3v) is 4.66. The topological polar surface area (TPSA) is 22.0 Å². The second kappa shape index (κ2) is 6.85. The molecule has 3 aromatic carbocycles. The molecule has 0 radical (unpaired) electrons. The summed E-state index contributed by atoms with van der Waals surface area (Å²) in [5.41, 5.74) is 5.40. The Balaban J connectivity index is 1.68. The van der Waals surface area contributed by atoms with E-state index in [1.165, 1.54) is 11.1 Å². The van der Waals surface area contributed by atoms with Crippen LogP contribution in [0.2, 0.25) is 0 Å². The second-order valence-electron chi connectivity index (χ2n) is 6.34. The molecule has 0 aliphatic carbocycles. The molecular weight excluding hydrogens is 318 g/mol. The normalized spacial score (nSPS) is 11.3. The summed E-state index contributed by atoms with van der Waals surface area (Å²) in [7, 11) is 1.81. The third kappa shape index (κ3) is 3.09. The summed E-state index contributed by atoms with van der Waals surface area (Å²) in [4.78, 5) is 12.2. The molecule has 0 atom stereocenters. The van der Waals surface area contributed by atoms with E-state index >= 15 is 0 Å². The number of nitrogens with zero attached hydrogens (tertiary/aromatic N) is 1. The average Bonchev–Trinajstić information content (AvgIpc) is 2.71. The summed E-state index contributed by atoms with van der Waals surface area (Å²) in [5, 5.41) is 1.08. The van der Waals surface area contributed by atoms with Crippen molar-refractivity contribution < 1.29 is 0 Å². The zero-order chi connectivity index (χ0) is 17.9. The molecule has 0 bridgehead atoms. The maximum Gasteiger partial charge on any atom is 0.251 e. The minimum atomic E-state index is 0.00257. The van der Waals surface area contributed by atoms with Crippen molar-refractivity contribution in [1.82, 2.24) is 4.57 Å². The SMILES string of the molecule is Cn1c(=O)cc(/C=C/c2ccc(-c3ccccc3)cc2)c2ccccc21. The molecule has 2 heteroatoms. The van der Waals surface area contributed by atoms with Crippen molar-refractivity contribution in [3.63, 3.8) is 0 Å². The quantitative estimate of drug-likeness (QED) is 0.492. The minimum Gasteiger partial charge on any atom is -0.311 e. The highest BCUT2D eigenvalue weighted by molar-refractivity contribution is 5.90. The number of benzene rings is 3. The molecule has 0 N–H and O–H groups in total. The lowest BCUT2D eigenvalue weighted by molar-refractivity contribution is 0.905. The Labute approximate surface area is 152 Å². The fraction of sp³-hybridized carbons (Fsp3) is 0.0417. The molecule has 4 rings (SSSR count). The van der Waals surface area contributed by atoms with Gasteiger partial charge in [-0.15, -0.1) is 0 Å². The van der Waals surface area contributed by atoms with Gasteiger partial charge in [0.1, 0.15) is 0 Å². The predicted molar refractivity (Wildman–Crippen MR) is 110 cm³/mol. The zero-order valence-corrected chi connectivity index (χ0v) is 14.6. The van der Waals surface area contributed by atoms with Gasteiger partial charge >= 0.3 is 0 Å². The van der Waals surface area contributed by atoms with Crippen molar-refractivity contribution in [2.75, 3.05) is 0 Å². The molecule has 0 fully saturated rings. The summed E-state index contributed by atoms with van der Waals surface area (Å²) in [5.74, 6) is 0. The maximum atomic E-state index is 12.2. The van der Waals surface area contributed by atoms with Crippen molar-refractivity contribution >= 4 is 23.1 Å². The number of pyridine rings is 1. The standard InChI is InChI=1S/C24H19NO/c1-25-23-10-6-5-9-22(23)21(17-24(25)26)16-13-18-11-14-20(15-12-18)19-7-3-2-4-8-19/h2-17H,1H3/b16-13+. The highest BCUT2D eigenvalue weighted by Crippen LogP contribution is 2.21. The molecule has 0 aliphatic heterocycles. The molecule has 1 aromatic heterocycles. The number of hydrogen-bond acceptors (Lipinski definition) is 1. The van der Waals surface area contributed by atoms with E-state index in [1.807, 2.05) is 48.5 Å². The molecule has 126 valence electrons. The first-order valence-corrected chi connectivity index (χ1v) is 8.65. The smallest absolute Gasteiger partial charge is 0.251 e. The van der Waals surface area contributed by atoms with Gasteiger partial charge in [-0.1, -0.05) is 84.9 Å². The summed E-state index contributed by atoms with van der Waals surface area (Å²) >= 11 is 0. The summed E-state index contributed by atoms with van der Waals surface area (Å²) in [6.45, 7) is 0. The van der Waals surface area contributed by atoms with Crippen molar-refractivity contribution in [1.29, 1.82) is 0 Å². The number of aromatic nitrogens is 1. The molecule has 0 saturated carbocycles. The Morgan fingerprint density at radius 2 is 1.38 bits per heavy atom. The number of hydrogen-bond donors (Lipinski definition) is 0. The van der Waals surface area contributed by atoms with Gasteiger partial charge < -0.3 is 4.57 Å². The van der Waals surface area contributed by atoms with Crippen molar-refractivity contribution in [2.24, 2.45) is 7.05 Å². The Bertz CT molecular complexity index is 1140. The van der Waals surface area contributed by atoms with Crippen LogP contribution in [-0.2, 0) is 7.05 Å². The predicted octanol–water partition coefficient (Wildman–Crippen LogP) is 5.38. The fourth-order valence-corrected chi connectivity index (χ4v) is 3.18. The van der Waals surface area contributed by atoms with Gasteiger partial charge in [0.15, 0.2) is 0 Å². The monoisotopic (exact) mass is 337 g/mol. The van der Waals surface area contributed by atoms with Gasteiger partial charge in [-0.3, -0.25) is 4.79 Å². The van der Waals surface area contributed by atoms with E-state index in [2.05, 4.69) is 42.5 Å². The van der Waals surface area contributed by atoms with E-state index in [0.717, 1.165) is 22.0 Å². The average molecular weight is 337 g/mol. The van der Waals surface area contributed by atoms with Crippen LogP contribution in [0.5, 0.6) is 0 Å². The first kappa shape index (κ1) is 16.1. The Morgan fingerprint density at radius 3 is 2.15 bits per heavy atom. The molecule has 0 spiro atoms. The van der Waals surface area contributed by atoms with Gasteiger partial charge in [0.25, 0.3) is 5.56 Å². The van der Waals surface area contributed by atoms with Gasteiger partial charge in [0.2, 0.25) is 0 Å². The van der Waals surface area contributed by atoms with Crippen LogP contribution in [0.4, 0.5) is 0 Å². The highest BCUT2D eigenvalue weighted by atomic mass is 16.1. The third-order valence-electron chi connectivity index (χ3n) is 4.66. The van der Waals surface area contributed by atoms with Crippen LogP contribution in [0, 0.1) is 0 Å². The van der Waals surface area contributed by atoms with Crippen LogP contribution in [-0.4, -0.2) is 4.57 Å². The molecule has 2 nitrogen and oxygen atoms in total. The summed E-state index contributed by atoms with van der Waals surface area (Å²) in [6, 6.07) is 28.4. The van der Waals surface area contributed by atoms with E-state index in [9.17, 15) is 4.79 Å². The highest BCUT2D eigenvalue weighted by Gasteiger charge is 2.03. The first-order valence-electron chi connectivity index (χ1n) is 8.65. The van der Waals surface area contributed by atoms with E-state index in [4.69, 9.17) is 0 Å². The van der Waals surface area contributed by atoms with Crippen LogP contribution >= 0.6 is 0 Å². The van der Waals surface area contributed by atoms with Gasteiger partial charge in [-0.25, -0.2) is 0 Å².